The van der Waals surface area contributed by atoms with Crippen LogP contribution in [0.2, 0.25) is 0 Å². The van der Waals surface area contributed by atoms with E-state index in [0.717, 1.165) is 38.2 Å². The minimum atomic E-state index is -0.497. The summed E-state index contributed by atoms with van der Waals surface area (Å²) in [5, 5.41) is 0. The van der Waals surface area contributed by atoms with E-state index in [-0.39, 0.29) is 24.0 Å². The number of pyridine rings is 1. The van der Waals surface area contributed by atoms with Crippen LogP contribution in [-0.4, -0.2) is 60.3 Å². The highest BCUT2D eigenvalue weighted by molar-refractivity contribution is 5.77. The Bertz CT molecular complexity index is 740. The molecule has 7 nitrogen and oxygen atoms in total. The summed E-state index contributed by atoms with van der Waals surface area (Å²) in [5.74, 6) is -0.0747. The molecule has 1 saturated heterocycles. The number of ether oxygens (including phenoxy) is 2. The lowest BCUT2D eigenvalue weighted by molar-refractivity contribution is -0.142. The van der Waals surface area contributed by atoms with Crippen molar-refractivity contribution in [3.05, 3.63) is 24.0 Å². The summed E-state index contributed by atoms with van der Waals surface area (Å²) in [6.07, 6.45) is 5.98. The zero-order valence-corrected chi connectivity index (χ0v) is 18.9. The zero-order valence-electron chi connectivity index (χ0n) is 18.9. The van der Waals surface area contributed by atoms with E-state index in [1.165, 1.54) is 20.0 Å². The van der Waals surface area contributed by atoms with Gasteiger partial charge in [0.05, 0.1) is 36.6 Å². The highest BCUT2D eigenvalue weighted by Gasteiger charge is 2.35. The van der Waals surface area contributed by atoms with Gasteiger partial charge in [-0.05, 0) is 71.4 Å². The van der Waals surface area contributed by atoms with Gasteiger partial charge in [-0.2, -0.15) is 0 Å². The van der Waals surface area contributed by atoms with Gasteiger partial charge in [0.1, 0.15) is 5.60 Å². The van der Waals surface area contributed by atoms with Crippen LogP contribution in [-0.2, 0) is 14.3 Å². The van der Waals surface area contributed by atoms with Gasteiger partial charge in [0, 0.05) is 19.6 Å². The molecule has 2 fully saturated rings. The van der Waals surface area contributed by atoms with E-state index in [4.69, 9.17) is 9.47 Å². The molecule has 0 bridgehead atoms. The minimum Gasteiger partial charge on any atom is -0.469 e. The van der Waals surface area contributed by atoms with Gasteiger partial charge in [0.2, 0.25) is 0 Å². The number of piperidine rings is 1. The van der Waals surface area contributed by atoms with E-state index < -0.39 is 5.60 Å². The summed E-state index contributed by atoms with van der Waals surface area (Å²) < 4.78 is 10.5. The van der Waals surface area contributed by atoms with E-state index in [2.05, 4.69) is 9.88 Å². The Kier molecular flexibility index (Phi) is 6.88. The molecule has 7 heteroatoms. The van der Waals surface area contributed by atoms with Gasteiger partial charge in [-0.1, -0.05) is 0 Å². The zero-order chi connectivity index (χ0) is 21.9. The van der Waals surface area contributed by atoms with Crippen LogP contribution in [0.4, 0.5) is 10.5 Å². The van der Waals surface area contributed by atoms with E-state index in [1.54, 1.807) is 6.92 Å². The number of aromatic nitrogens is 1. The summed E-state index contributed by atoms with van der Waals surface area (Å²) in [5.41, 5.74) is 1.21. The topological polar surface area (TPSA) is 72.0 Å². The molecule has 2 atom stereocenters. The molecule has 1 aliphatic carbocycles. The van der Waals surface area contributed by atoms with Crippen molar-refractivity contribution in [2.45, 2.75) is 70.9 Å². The summed E-state index contributed by atoms with van der Waals surface area (Å²) in [4.78, 5) is 33.4. The molecule has 1 amide bonds. The van der Waals surface area contributed by atoms with Gasteiger partial charge >= 0.3 is 12.1 Å². The number of anilines is 1. The molecule has 0 aromatic carbocycles. The second kappa shape index (κ2) is 9.23. The molecule has 1 aliphatic heterocycles. The Morgan fingerprint density at radius 1 is 1.27 bits per heavy atom. The van der Waals surface area contributed by atoms with Crippen LogP contribution in [0.15, 0.2) is 18.3 Å². The highest BCUT2D eigenvalue weighted by Crippen LogP contribution is 2.32. The number of esters is 1. The first-order valence-corrected chi connectivity index (χ1v) is 11.0. The molecular weight excluding hydrogens is 382 g/mol. The number of nitrogens with zero attached hydrogens (tertiary/aromatic N) is 3. The third-order valence-electron chi connectivity index (χ3n) is 5.75. The summed E-state index contributed by atoms with van der Waals surface area (Å²) in [6, 6.07) is 4.02. The van der Waals surface area contributed by atoms with Gasteiger partial charge in [-0.3, -0.25) is 9.78 Å². The van der Waals surface area contributed by atoms with Gasteiger partial charge in [0.25, 0.3) is 0 Å². The van der Waals surface area contributed by atoms with Gasteiger partial charge in [-0.25, -0.2) is 4.79 Å². The smallest absolute Gasteiger partial charge is 0.410 e. The largest absolute Gasteiger partial charge is 0.469 e. The Morgan fingerprint density at radius 2 is 2.00 bits per heavy atom. The maximum absolute atomic E-state index is 12.9. The Morgan fingerprint density at radius 3 is 2.57 bits per heavy atom. The predicted molar refractivity (Wildman–Crippen MR) is 116 cm³/mol. The fourth-order valence-corrected chi connectivity index (χ4v) is 3.85. The monoisotopic (exact) mass is 417 g/mol. The maximum Gasteiger partial charge on any atom is 0.410 e. The lowest BCUT2D eigenvalue weighted by Crippen LogP contribution is -2.52. The van der Waals surface area contributed by atoms with E-state index in [9.17, 15) is 9.59 Å². The highest BCUT2D eigenvalue weighted by atomic mass is 16.6. The number of carbonyl (C=O) groups is 2. The number of hydrogen-bond donors (Lipinski definition) is 0. The number of hydrogen-bond acceptors (Lipinski definition) is 6. The average Bonchev–Trinajstić information content (AvgIpc) is 3.54. The normalized spacial score (nSPS) is 20.4. The maximum atomic E-state index is 12.9. The van der Waals surface area contributed by atoms with Crippen LogP contribution in [0, 0.1) is 5.92 Å². The molecule has 1 unspecified atom stereocenters. The fourth-order valence-electron chi connectivity index (χ4n) is 3.85. The average molecular weight is 418 g/mol. The van der Waals surface area contributed by atoms with Crippen LogP contribution in [0.25, 0.3) is 0 Å². The van der Waals surface area contributed by atoms with Crippen LogP contribution >= 0.6 is 0 Å². The molecule has 2 aliphatic rings. The van der Waals surface area contributed by atoms with Crippen molar-refractivity contribution in [3.8, 4) is 0 Å². The minimum absolute atomic E-state index is 0.128. The Balaban J connectivity index is 1.69. The number of amides is 1. The van der Waals surface area contributed by atoms with E-state index in [0.29, 0.717) is 11.6 Å². The first-order valence-electron chi connectivity index (χ1n) is 11.0. The summed E-state index contributed by atoms with van der Waals surface area (Å²) >= 11 is 0. The standard InChI is InChI=1S/C23H35N3O4/c1-16(21(27)29-5)20-11-10-18(13-24-20)25-12-6-7-19(15-25)26(14-17-8-9-17)22(28)30-23(2,3)4/h10-11,13,16-17,19H,6-9,12,14-15H2,1-5H3/t16?,19-/m1/s1. The lowest BCUT2D eigenvalue weighted by atomic mass is 10.0. The fraction of sp³-hybridized carbons (Fsp3) is 0.696. The molecule has 166 valence electrons. The van der Waals surface area contributed by atoms with Gasteiger partial charge in [-0.15, -0.1) is 0 Å². The summed E-state index contributed by atoms with van der Waals surface area (Å²) in [7, 11) is 1.39. The molecular formula is C23H35N3O4. The Hall–Kier alpha value is -2.31. The van der Waals surface area contributed by atoms with Gasteiger partial charge < -0.3 is 19.3 Å². The van der Waals surface area contributed by atoms with Gasteiger partial charge in [0.15, 0.2) is 0 Å². The Labute approximate surface area is 179 Å². The van der Waals surface area contributed by atoms with Crippen molar-refractivity contribution in [1.82, 2.24) is 9.88 Å². The van der Waals surface area contributed by atoms with Crippen LogP contribution in [0.1, 0.15) is 65.0 Å². The molecule has 0 spiro atoms. The first-order chi connectivity index (χ1) is 14.2. The molecule has 1 saturated carbocycles. The van der Waals surface area contributed by atoms with Crippen molar-refractivity contribution < 1.29 is 19.1 Å². The van der Waals surface area contributed by atoms with E-state index >= 15 is 0 Å². The molecule has 2 heterocycles. The predicted octanol–water partition coefficient (Wildman–Crippen LogP) is 3.97. The molecule has 0 N–H and O–H groups in total. The van der Waals surface area contributed by atoms with Crippen molar-refractivity contribution >= 4 is 17.7 Å². The van der Waals surface area contributed by atoms with Crippen LogP contribution in [0.5, 0.6) is 0 Å². The lowest BCUT2D eigenvalue weighted by Gasteiger charge is -2.40. The second-order valence-corrected chi connectivity index (χ2v) is 9.50. The van der Waals surface area contributed by atoms with Crippen molar-refractivity contribution in [3.63, 3.8) is 0 Å². The number of methoxy groups -OCH3 is 1. The van der Waals surface area contributed by atoms with Crippen molar-refractivity contribution in [2.24, 2.45) is 5.92 Å². The van der Waals surface area contributed by atoms with Crippen molar-refractivity contribution in [2.75, 3.05) is 31.6 Å². The second-order valence-electron chi connectivity index (χ2n) is 9.50. The molecule has 30 heavy (non-hydrogen) atoms. The van der Waals surface area contributed by atoms with Crippen LogP contribution < -0.4 is 4.90 Å². The third-order valence-corrected chi connectivity index (χ3v) is 5.75. The molecule has 3 rings (SSSR count). The third kappa shape index (κ3) is 5.86. The first kappa shape index (κ1) is 22.4. The SMILES string of the molecule is COC(=O)C(C)c1ccc(N2CCC[C@@H](N(CC3CC3)C(=O)OC(C)(C)C)C2)cn1. The van der Waals surface area contributed by atoms with Crippen LogP contribution in [0.3, 0.4) is 0 Å². The number of carbonyl (C=O) groups excluding carboxylic acids is 2. The van der Waals surface area contributed by atoms with E-state index in [1.807, 2.05) is 44.0 Å². The molecule has 1 aromatic rings. The number of rotatable bonds is 6. The quantitative estimate of drug-likeness (QED) is 0.652. The molecule has 1 aromatic heterocycles. The molecule has 0 radical (unpaired) electrons. The summed E-state index contributed by atoms with van der Waals surface area (Å²) in [6.45, 7) is 10.00. The van der Waals surface area contributed by atoms with Crippen molar-refractivity contribution in [1.29, 1.82) is 0 Å².